The Balaban J connectivity index is 1.53. The second-order valence-corrected chi connectivity index (χ2v) is 7.30. The van der Waals surface area contributed by atoms with Crippen molar-refractivity contribution < 1.29 is 19.1 Å². The Hall–Kier alpha value is -1.30. The minimum absolute atomic E-state index is 0.0219. The standard InChI is InChI=1S/C18H30N2O4/c1-23-15-8-2-3-9-16(15)24-17(21)14-7-6-12-20(13-14)18(22)19-10-4-5-11-19/h14-16H,2-13H2,1H3/t14-,15+,16+/m0/s1. The van der Waals surface area contributed by atoms with E-state index in [4.69, 9.17) is 9.47 Å². The number of hydrogen-bond acceptors (Lipinski definition) is 4. The van der Waals surface area contributed by atoms with E-state index in [2.05, 4.69) is 0 Å². The van der Waals surface area contributed by atoms with Crippen LogP contribution < -0.4 is 0 Å². The molecule has 6 heteroatoms. The Morgan fingerprint density at radius 1 is 0.833 bits per heavy atom. The Bertz CT molecular complexity index is 450. The van der Waals surface area contributed by atoms with Gasteiger partial charge < -0.3 is 19.3 Å². The molecule has 2 heterocycles. The fraction of sp³-hybridized carbons (Fsp3) is 0.889. The van der Waals surface area contributed by atoms with E-state index < -0.39 is 0 Å². The summed E-state index contributed by atoms with van der Waals surface area (Å²) in [5, 5.41) is 0. The number of likely N-dealkylation sites (tertiary alicyclic amines) is 2. The highest BCUT2D eigenvalue weighted by molar-refractivity contribution is 5.77. The number of hydrogen-bond donors (Lipinski definition) is 0. The molecular formula is C18H30N2O4. The van der Waals surface area contributed by atoms with E-state index in [1.54, 1.807) is 7.11 Å². The highest BCUT2D eigenvalue weighted by Crippen LogP contribution is 2.26. The molecule has 1 aliphatic carbocycles. The van der Waals surface area contributed by atoms with Crippen LogP contribution >= 0.6 is 0 Å². The van der Waals surface area contributed by atoms with E-state index in [1.165, 1.54) is 0 Å². The fourth-order valence-electron chi connectivity index (χ4n) is 4.16. The summed E-state index contributed by atoms with van der Waals surface area (Å²) in [7, 11) is 1.69. The van der Waals surface area contributed by atoms with Gasteiger partial charge in [-0.1, -0.05) is 6.42 Å². The summed E-state index contributed by atoms with van der Waals surface area (Å²) in [4.78, 5) is 28.9. The molecule has 0 radical (unpaired) electrons. The van der Waals surface area contributed by atoms with E-state index in [1.807, 2.05) is 9.80 Å². The summed E-state index contributed by atoms with van der Waals surface area (Å²) in [6.45, 7) is 2.95. The summed E-state index contributed by atoms with van der Waals surface area (Å²) in [6, 6.07) is 0.0948. The van der Waals surface area contributed by atoms with Crippen LogP contribution in [0.3, 0.4) is 0 Å². The smallest absolute Gasteiger partial charge is 0.320 e. The highest BCUT2D eigenvalue weighted by atomic mass is 16.6. The van der Waals surface area contributed by atoms with Crippen LogP contribution in [0.5, 0.6) is 0 Å². The third-order valence-corrected chi connectivity index (χ3v) is 5.61. The first-order valence-electron chi connectivity index (χ1n) is 9.46. The van der Waals surface area contributed by atoms with Crippen molar-refractivity contribution in [1.82, 2.24) is 9.80 Å². The fourth-order valence-corrected chi connectivity index (χ4v) is 4.16. The van der Waals surface area contributed by atoms with Gasteiger partial charge >= 0.3 is 12.0 Å². The summed E-state index contributed by atoms with van der Waals surface area (Å²) < 4.78 is 11.2. The summed E-state index contributed by atoms with van der Waals surface area (Å²) in [5.41, 5.74) is 0. The average molecular weight is 338 g/mol. The number of ether oxygens (including phenoxy) is 2. The molecule has 2 saturated heterocycles. The van der Waals surface area contributed by atoms with Gasteiger partial charge in [0, 0.05) is 33.3 Å². The van der Waals surface area contributed by atoms with Gasteiger partial charge in [-0.15, -0.1) is 0 Å². The first-order chi connectivity index (χ1) is 11.7. The van der Waals surface area contributed by atoms with Crippen molar-refractivity contribution in [2.75, 3.05) is 33.3 Å². The lowest BCUT2D eigenvalue weighted by molar-refractivity contribution is -0.165. The number of urea groups is 1. The summed E-state index contributed by atoms with van der Waals surface area (Å²) in [6.07, 6.45) is 7.82. The lowest BCUT2D eigenvalue weighted by Crippen LogP contribution is -2.49. The Kier molecular flexibility index (Phi) is 5.98. The van der Waals surface area contributed by atoms with Gasteiger partial charge in [0.25, 0.3) is 0 Å². The number of esters is 1. The van der Waals surface area contributed by atoms with E-state index >= 15 is 0 Å². The van der Waals surface area contributed by atoms with Crippen LogP contribution in [0.4, 0.5) is 4.79 Å². The van der Waals surface area contributed by atoms with Crippen LogP contribution in [0.2, 0.25) is 0 Å². The van der Waals surface area contributed by atoms with E-state index in [0.717, 1.165) is 71.0 Å². The Morgan fingerprint density at radius 3 is 2.21 bits per heavy atom. The van der Waals surface area contributed by atoms with Gasteiger partial charge in [0.05, 0.1) is 12.0 Å². The first-order valence-corrected chi connectivity index (χ1v) is 9.46. The van der Waals surface area contributed by atoms with Gasteiger partial charge in [-0.3, -0.25) is 4.79 Å². The van der Waals surface area contributed by atoms with Crippen molar-refractivity contribution in [3.63, 3.8) is 0 Å². The predicted octanol–water partition coefficient (Wildman–Crippen LogP) is 2.42. The molecule has 3 aliphatic rings. The van der Waals surface area contributed by atoms with Crippen molar-refractivity contribution in [2.45, 2.75) is 63.6 Å². The average Bonchev–Trinajstić information content (AvgIpc) is 3.16. The molecule has 2 aliphatic heterocycles. The second-order valence-electron chi connectivity index (χ2n) is 7.30. The highest BCUT2D eigenvalue weighted by Gasteiger charge is 2.35. The van der Waals surface area contributed by atoms with Crippen LogP contribution in [0, 0.1) is 5.92 Å². The molecular weight excluding hydrogens is 308 g/mol. The van der Waals surface area contributed by atoms with Gasteiger partial charge in [0.15, 0.2) is 0 Å². The Morgan fingerprint density at radius 2 is 1.50 bits per heavy atom. The van der Waals surface area contributed by atoms with Crippen LogP contribution in [0.25, 0.3) is 0 Å². The zero-order valence-electron chi connectivity index (χ0n) is 14.7. The molecule has 0 N–H and O–H groups in total. The predicted molar refractivity (Wildman–Crippen MR) is 89.6 cm³/mol. The molecule has 3 atom stereocenters. The van der Waals surface area contributed by atoms with Gasteiger partial charge in [-0.25, -0.2) is 4.79 Å². The number of methoxy groups -OCH3 is 1. The lowest BCUT2D eigenvalue weighted by atomic mass is 9.94. The van der Waals surface area contributed by atoms with Gasteiger partial charge in [0.2, 0.25) is 0 Å². The normalized spacial score (nSPS) is 31.1. The largest absolute Gasteiger partial charge is 0.459 e. The number of carbonyl (C=O) groups excluding carboxylic acids is 2. The monoisotopic (exact) mass is 338 g/mol. The molecule has 0 unspecified atom stereocenters. The summed E-state index contributed by atoms with van der Waals surface area (Å²) in [5.74, 6) is -0.340. The van der Waals surface area contributed by atoms with Gasteiger partial charge in [-0.2, -0.15) is 0 Å². The molecule has 3 fully saturated rings. The van der Waals surface area contributed by atoms with Crippen molar-refractivity contribution in [2.24, 2.45) is 5.92 Å². The number of piperidine rings is 1. The van der Waals surface area contributed by atoms with Crippen molar-refractivity contribution in [3.05, 3.63) is 0 Å². The van der Waals surface area contributed by atoms with Crippen molar-refractivity contribution in [1.29, 1.82) is 0 Å². The number of carbonyl (C=O) groups is 2. The number of nitrogens with zero attached hydrogens (tertiary/aromatic N) is 2. The molecule has 0 spiro atoms. The minimum atomic E-state index is -0.190. The maximum Gasteiger partial charge on any atom is 0.320 e. The zero-order valence-corrected chi connectivity index (χ0v) is 14.7. The first kappa shape index (κ1) is 17.5. The van der Waals surface area contributed by atoms with Crippen LogP contribution in [0.1, 0.15) is 51.4 Å². The quantitative estimate of drug-likeness (QED) is 0.742. The van der Waals surface area contributed by atoms with Gasteiger partial charge in [-0.05, 0) is 44.9 Å². The maximum atomic E-state index is 12.6. The molecule has 1 saturated carbocycles. The van der Waals surface area contributed by atoms with Crippen molar-refractivity contribution in [3.8, 4) is 0 Å². The zero-order chi connectivity index (χ0) is 16.9. The molecule has 0 aromatic carbocycles. The number of rotatable bonds is 3. The maximum absolute atomic E-state index is 12.6. The molecule has 136 valence electrons. The van der Waals surface area contributed by atoms with E-state index in [0.29, 0.717) is 6.54 Å². The minimum Gasteiger partial charge on any atom is -0.459 e. The van der Waals surface area contributed by atoms with E-state index in [9.17, 15) is 9.59 Å². The lowest BCUT2D eigenvalue weighted by Gasteiger charge is -2.36. The number of amides is 2. The molecule has 0 bridgehead atoms. The molecule has 3 rings (SSSR count). The molecule has 24 heavy (non-hydrogen) atoms. The molecule has 2 amide bonds. The third kappa shape index (κ3) is 4.02. The molecule has 0 aromatic rings. The topological polar surface area (TPSA) is 59.1 Å². The summed E-state index contributed by atoms with van der Waals surface area (Å²) >= 11 is 0. The van der Waals surface area contributed by atoms with Crippen molar-refractivity contribution >= 4 is 12.0 Å². The van der Waals surface area contributed by atoms with E-state index in [-0.39, 0.29) is 30.1 Å². The van der Waals surface area contributed by atoms with Crippen LogP contribution in [-0.4, -0.2) is 67.3 Å². The molecule has 0 aromatic heterocycles. The third-order valence-electron chi connectivity index (χ3n) is 5.61. The van der Waals surface area contributed by atoms with Crippen LogP contribution in [-0.2, 0) is 14.3 Å². The SMILES string of the molecule is CO[C@@H]1CCCC[C@H]1OC(=O)[C@H]1CCCN(C(=O)N2CCCC2)C1. The van der Waals surface area contributed by atoms with Gasteiger partial charge in [0.1, 0.15) is 6.10 Å². The second kappa shape index (κ2) is 8.19. The Labute approximate surface area is 144 Å². The molecule has 6 nitrogen and oxygen atoms in total. The van der Waals surface area contributed by atoms with Crippen LogP contribution in [0.15, 0.2) is 0 Å².